The summed E-state index contributed by atoms with van der Waals surface area (Å²) in [5.41, 5.74) is 8.70. The summed E-state index contributed by atoms with van der Waals surface area (Å²) in [5.74, 6) is 1.87. The van der Waals surface area contributed by atoms with E-state index < -0.39 is 0 Å². The Labute approximate surface area is 233 Å². The molecule has 0 fully saturated rings. The van der Waals surface area contributed by atoms with E-state index in [4.69, 9.17) is 5.10 Å². The van der Waals surface area contributed by atoms with E-state index in [2.05, 4.69) is 118 Å². The second kappa shape index (κ2) is 11.4. The highest BCUT2D eigenvalue weighted by atomic mass is 15.6. The molecule has 0 aliphatic rings. The summed E-state index contributed by atoms with van der Waals surface area (Å²) < 4.78 is 0. The molecule has 6 rings (SSSR count). The first-order valence-corrected chi connectivity index (χ1v) is 13.6. The molecule has 0 aliphatic carbocycles. The number of nitrogens with zero attached hydrogens (tertiary/aromatic N) is 7. The molecule has 0 aliphatic heterocycles. The molecular formula is C32H30N8. The van der Waals surface area contributed by atoms with Gasteiger partial charge in [-0.25, -0.2) is 0 Å². The molecular weight excluding hydrogens is 496 g/mol. The van der Waals surface area contributed by atoms with Crippen LogP contribution in [0.2, 0.25) is 0 Å². The van der Waals surface area contributed by atoms with Gasteiger partial charge >= 0.3 is 0 Å². The maximum atomic E-state index is 4.73. The summed E-state index contributed by atoms with van der Waals surface area (Å²) in [5, 5.41) is 28.0. The predicted octanol–water partition coefficient (Wildman–Crippen LogP) is 6.49. The zero-order chi connectivity index (χ0) is 27.3. The molecule has 1 atom stereocenters. The van der Waals surface area contributed by atoms with Gasteiger partial charge < -0.3 is 0 Å². The Balaban J connectivity index is 1.20. The SMILES string of the molecule is CCC(C)Cc1ccc(-c2ccccc2-c2nnn(Cc3ccc(-c4ccccc4-c4nn[nH]n4)cc3)n2)cc1. The third-order valence-corrected chi connectivity index (χ3v) is 7.27. The molecule has 0 saturated carbocycles. The second-order valence-electron chi connectivity index (χ2n) is 10.1. The van der Waals surface area contributed by atoms with Crippen molar-refractivity contribution < 1.29 is 0 Å². The Morgan fingerprint density at radius 3 is 1.82 bits per heavy atom. The monoisotopic (exact) mass is 526 g/mol. The number of rotatable bonds is 9. The number of aromatic amines is 1. The summed E-state index contributed by atoms with van der Waals surface area (Å²) in [6, 6.07) is 33.5. The minimum atomic E-state index is 0.520. The Kier molecular flexibility index (Phi) is 7.22. The average molecular weight is 527 g/mol. The number of aromatic nitrogens is 8. The van der Waals surface area contributed by atoms with E-state index >= 15 is 0 Å². The van der Waals surface area contributed by atoms with Crippen molar-refractivity contribution in [3.05, 3.63) is 108 Å². The fraction of sp³-hybridized carbons (Fsp3) is 0.188. The van der Waals surface area contributed by atoms with Crippen LogP contribution in [0, 0.1) is 5.92 Å². The summed E-state index contributed by atoms with van der Waals surface area (Å²) in [6.45, 7) is 5.06. The lowest BCUT2D eigenvalue weighted by molar-refractivity contribution is 0.560. The Morgan fingerprint density at radius 2 is 1.25 bits per heavy atom. The van der Waals surface area contributed by atoms with Gasteiger partial charge in [-0.15, -0.1) is 20.4 Å². The highest BCUT2D eigenvalue weighted by Gasteiger charge is 2.14. The molecule has 1 N–H and O–H groups in total. The maximum Gasteiger partial charge on any atom is 0.205 e. The van der Waals surface area contributed by atoms with Gasteiger partial charge in [-0.2, -0.15) is 10.0 Å². The van der Waals surface area contributed by atoms with Crippen molar-refractivity contribution in [3.63, 3.8) is 0 Å². The molecule has 2 aromatic heterocycles. The van der Waals surface area contributed by atoms with E-state index in [0.29, 0.717) is 24.1 Å². The van der Waals surface area contributed by atoms with Crippen molar-refractivity contribution >= 4 is 0 Å². The number of hydrogen-bond donors (Lipinski definition) is 1. The van der Waals surface area contributed by atoms with Crippen LogP contribution < -0.4 is 0 Å². The van der Waals surface area contributed by atoms with E-state index in [1.54, 1.807) is 4.80 Å². The quantitative estimate of drug-likeness (QED) is 0.231. The molecule has 0 bridgehead atoms. The van der Waals surface area contributed by atoms with Gasteiger partial charge in [0, 0.05) is 11.1 Å². The smallest absolute Gasteiger partial charge is 0.177 e. The van der Waals surface area contributed by atoms with Crippen LogP contribution in [0.1, 0.15) is 31.4 Å². The van der Waals surface area contributed by atoms with Gasteiger partial charge in [0.25, 0.3) is 0 Å². The lowest BCUT2D eigenvalue weighted by Crippen LogP contribution is -2.04. The molecule has 8 heteroatoms. The number of H-pyrrole nitrogens is 1. The molecule has 0 radical (unpaired) electrons. The topological polar surface area (TPSA) is 98.1 Å². The van der Waals surface area contributed by atoms with Crippen LogP contribution in [0.4, 0.5) is 0 Å². The molecule has 4 aromatic carbocycles. The molecule has 0 saturated heterocycles. The molecule has 8 nitrogen and oxygen atoms in total. The fourth-order valence-corrected chi connectivity index (χ4v) is 4.87. The maximum absolute atomic E-state index is 4.73. The van der Waals surface area contributed by atoms with Gasteiger partial charge in [-0.3, -0.25) is 0 Å². The highest BCUT2D eigenvalue weighted by Crippen LogP contribution is 2.31. The molecule has 40 heavy (non-hydrogen) atoms. The molecule has 6 aromatic rings. The molecule has 2 heterocycles. The lowest BCUT2D eigenvalue weighted by Gasteiger charge is -2.10. The zero-order valence-electron chi connectivity index (χ0n) is 22.6. The first kappa shape index (κ1) is 25.3. The van der Waals surface area contributed by atoms with Crippen LogP contribution in [-0.4, -0.2) is 40.8 Å². The van der Waals surface area contributed by atoms with E-state index in [9.17, 15) is 0 Å². The van der Waals surface area contributed by atoms with Gasteiger partial charge in [-0.1, -0.05) is 117 Å². The van der Waals surface area contributed by atoms with Crippen LogP contribution >= 0.6 is 0 Å². The van der Waals surface area contributed by atoms with Gasteiger partial charge in [0.05, 0.1) is 6.54 Å². The lowest BCUT2D eigenvalue weighted by atomic mass is 9.95. The first-order valence-electron chi connectivity index (χ1n) is 13.6. The van der Waals surface area contributed by atoms with Crippen LogP contribution in [0.3, 0.4) is 0 Å². The number of hydrogen-bond acceptors (Lipinski definition) is 6. The van der Waals surface area contributed by atoms with Crippen molar-refractivity contribution in [2.45, 2.75) is 33.2 Å². The van der Waals surface area contributed by atoms with Gasteiger partial charge in [-0.05, 0) is 56.1 Å². The molecule has 0 amide bonds. The molecule has 1 unspecified atom stereocenters. The summed E-state index contributed by atoms with van der Waals surface area (Å²) >= 11 is 0. The third-order valence-electron chi connectivity index (χ3n) is 7.27. The Morgan fingerprint density at radius 1 is 0.675 bits per heavy atom. The van der Waals surface area contributed by atoms with Crippen LogP contribution in [0.25, 0.3) is 45.0 Å². The number of tetrazole rings is 2. The van der Waals surface area contributed by atoms with Gasteiger partial charge in [0.2, 0.25) is 11.6 Å². The summed E-state index contributed by atoms with van der Waals surface area (Å²) in [6.07, 6.45) is 2.28. The minimum Gasteiger partial charge on any atom is -0.177 e. The summed E-state index contributed by atoms with van der Waals surface area (Å²) in [7, 11) is 0. The third kappa shape index (κ3) is 5.42. The predicted molar refractivity (Wildman–Crippen MR) is 156 cm³/mol. The highest BCUT2D eigenvalue weighted by molar-refractivity contribution is 5.81. The fourth-order valence-electron chi connectivity index (χ4n) is 4.87. The summed E-state index contributed by atoms with van der Waals surface area (Å²) in [4.78, 5) is 1.64. The zero-order valence-corrected chi connectivity index (χ0v) is 22.6. The standard InChI is InChI=1S/C32H30N8/c1-3-22(2)20-23-12-16-25(17-13-23)28-9-5-7-11-30(28)32-35-39-40(36-32)21-24-14-18-26(19-15-24)27-8-4-6-10-29(27)31-33-37-38-34-31/h4-19,22H,3,20-21H2,1-2H3,(H,33,34,37,38). The molecule has 198 valence electrons. The van der Waals surface area contributed by atoms with E-state index in [1.165, 1.54) is 12.0 Å². The van der Waals surface area contributed by atoms with Crippen molar-refractivity contribution in [2.24, 2.45) is 5.92 Å². The van der Waals surface area contributed by atoms with Crippen molar-refractivity contribution in [2.75, 3.05) is 0 Å². The van der Waals surface area contributed by atoms with Crippen molar-refractivity contribution in [1.29, 1.82) is 0 Å². The minimum absolute atomic E-state index is 0.520. The largest absolute Gasteiger partial charge is 0.205 e. The van der Waals surface area contributed by atoms with E-state index in [1.807, 2.05) is 24.3 Å². The van der Waals surface area contributed by atoms with Crippen molar-refractivity contribution in [1.82, 2.24) is 40.8 Å². The normalized spacial score (nSPS) is 11.9. The van der Waals surface area contributed by atoms with Crippen LogP contribution in [-0.2, 0) is 13.0 Å². The second-order valence-corrected chi connectivity index (χ2v) is 10.1. The van der Waals surface area contributed by atoms with Gasteiger partial charge in [0.15, 0.2) is 0 Å². The number of benzene rings is 4. The first-order chi connectivity index (χ1) is 19.7. The van der Waals surface area contributed by atoms with E-state index in [-0.39, 0.29) is 0 Å². The van der Waals surface area contributed by atoms with E-state index in [0.717, 1.165) is 45.4 Å². The van der Waals surface area contributed by atoms with Gasteiger partial charge in [0.1, 0.15) is 0 Å². The Bertz CT molecular complexity index is 1690. The Hall–Kier alpha value is -4.98. The molecule has 0 spiro atoms. The average Bonchev–Trinajstić information content (AvgIpc) is 3.71. The van der Waals surface area contributed by atoms with Crippen molar-refractivity contribution in [3.8, 4) is 45.0 Å². The van der Waals surface area contributed by atoms with Crippen LogP contribution in [0.15, 0.2) is 97.1 Å². The number of nitrogens with one attached hydrogen (secondary N) is 1. The van der Waals surface area contributed by atoms with Crippen LogP contribution in [0.5, 0.6) is 0 Å².